The first kappa shape index (κ1) is 13.9. The highest BCUT2D eigenvalue weighted by molar-refractivity contribution is 5.79. The maximum absolute atomic E-state index is 4.41. The number of imidazole rings is 1. The second-order valence-electron chi connectivity index (χ2n) is 5.50. The molecule has 0 aliphatic rings. The summed E-state index contributed by atoms with van der Waals surface area (Å²) in [6.45, 7) is 8.54. The van der Waals surface area contributed by atoms with Crippen LogP contribution in [0.4, 0.5) is 5.69 Å². The number of aromatic nitrogens is 2. The van der Waals surface area contributed by atoms with Gasteiger partial charge in [-0.2, -0.15) is 0 Å². The molecule has 1 aromatic carbocycles. The monoisotopic (exact) mass is 260 g/mol. The molecule has 0 saturated heterocycles. The lowest BCUT2D eigenvalue weighted by atomic mass is 9.95. The molecule has 1 atom stereocenters. The van der Waals surface area contributed by atoms with E-state index in [4.69, 9.17) is 0 Å². The number of benzene rings is 1. The van der Waals surface area contributed by atoms with Gasteiger partial charge in [-0.25, -0.2) is 4.98 Å². The highest BCUT2D eigenvalue weighted by Gasteiger charge is 2.12. The maximum Gasteiger partial charge on any atom is 0.104 e. The van der Waals surface area contributed by atoms with Crippen LogP contribution in [-0.4, -0.2) is 30.1 Å². The highest BCUT2D eigenvalue weighted by atomic mass is 14.9. The topological polar surface area (TPSA) is 52.7 Å². The molecule has 0 spiro atoms. The zero-order valence-electron chi connectivity index (χ0n) is 12.2. The molecule has 1 unspecified atom stereocenters. The summed E-state index contributed by atoms with van der Waals surface area (Å²) in [5, 5.41) is 6.79. The van der Waals surface area contributed by atoms with Gasteiger partial charge in [-0.05, 0) is 50.6 Å². The van der Waals surface area contributed by atoms with Gasteiger partial charge >= 0.3 is 0 Å². The van der Waals surface area contributed by atoms with Crippen molar-refractivity contribution in [2.45, 2.75) is 20.8 Å². The number of rotatable bonds is 6. The number of hydrogen-bond donors (Lipinski definition) is 3. The second-order valence-corrected chi connectivity index (χ2v) is 5.50. The fourth-order valence-electron chi connectivity index (χ4n) is 2.30. The molecule has 4 nitrogen and oxygen atoms in total. The first-order valence-electron chi connectivity index (χ1n) is 6.95. The molecule has 0 amide bonds. The third kappa shape index (κ3) is 3.47. The van der Waals surface area contributed by atoms with Crippen LogP contribution in [0.1, 0.15) is 19.7 Å². The lowest BCUT2D eigenvalue weighted by Gasteiger charge is -2.21. The van der Waals surface area contributed by atoms with E-state index < -0.39 is 0 Å². The summed E-state index contributed by atoms with van der Waals surface area (Å²) in [5.41, 5.74) is 3.27. The summed E-state index contributed by atoms with van der Waals surface area (Å²) in [6.07, 6.45) is 0. The second kappa shape index (κ2) is 6.06. The minimum atomic E-state index is 0.629. The van der Waals surface area contributed by atoms with Gasteiger partial charge in [-0.3, -0.25) is 0 Å². The van der Waals surface area contributed by atoms with Crippen molar-refractivity contribution in [2.24, 2.45) is 11.8 Å². The molecule has 104 valence electrons. The standard InChI is InChI=1S/C15H24N4/c1-10(2)12(8-16-4)9-17-13-5-6-14-15(7-13)19-11(3)18-14/h5-7,10,12,16-17H,8-9H2,1-4H3,(H,18,19). The Morgan fingerprint density at radius 1 is 1.26 bits per heavy atom. The van der Waals surface area contributed by atoms with E-state index in [2.05, 4.69) is 52.6 Å². The van der Waals surface area contributed by atoms with Gasteiger partial charge in [0.1, 0.15) is 5.82 Å². The molecule has 2 rings (SSSR count). The van der Waals surface area contributed by atoms with Crippen LogP contribution >= 0.6 is 0 Å². The van der Waals surface area contributed by atoms with Crippen LogP contribution < -0.4 is 10.6 Å². The zero-order chi connectivity index (χ0) is 13.8. The van der Waals surface area contributed by atoms with E-state index in [1.54, 1.807) is 0 Å². The molecule has 1 aromatic heterocycles. The lowest BCUT2D eigenvalue weighted by Crippen LogP contribution is -2.29. The Hall–Kier alpha value is -1.55. The first-order valence-corrected chi connectivity index (χ1v) is 6.95. The smallest absolute Gasteiger partial charge is 0.104 e. The molecule has 0 radical (unpaired) electrons. The minimum absolute atomic E-state index is 0.629. The molecular formula is C15H24N4. The van der Waals surface area contributed by atoms with Gasteiger partial charge in [0.15, 0.2) is 0 Å². The van der Waals surface area contributed by atoms with E-state index >= 15 is 0 Å². The highest BCUT2D eigenvalue weighted by Crippen LogP contribution is 2.18. The SMILES string of the molecule is CNCC(CNc1ccc2nc(C)[nH]c2c1)C(C)C. The van der Waals surface area contributed by atoms with Crippen LogP contribution in [-0.2, 0) is 0 Å². The van der Waals surface area contributed by atoms with Gasteiger partial charge in [0, 0.05) is 12.2 Å². The Labute approximate surface area is 115 Å². The van der Waals surface area contributed by atoms with Crippen LogP contribution in [0, 0.1) is 18.8 Å². The normalized spacial score (nSPS) is 13.1. The number of nitrogens with zero attached hydrogens (tertiary/aromatic N) is 1. The quantitative estimate of drug-likeness (QED) is 0.748. The van der Waals surface area contributed by atoms with Crippen molar-refractivity contribution in [3.63, 3.8) is 0 Å². The summed E-state index contributed by atoms with van der Waals surface area (Å²) in [4.78, 5) is 7.68. The lowest BCUT2D eigenvalue weighted by molar-refractivity contribution is 0.390. The van der Waals surface area contributed by atoms with E-state index in [1.165, 1.54) is 0 Å². The van der Waals surface area contributed by atoms with E-state index in [0.29, 0.717) is 11.8 Å². The van der Waals surface area contributed by atoms with Gasteiger partial charge < -0.3 is 15.6 Å². The van der Waals surface area contributed by atoms with Crippen molar-refractivity contribution >= 4 is 16.7 Å². The van der Waals surface area contributed by atoms with E-state index in [-0.39, 0.29) is 0 Å². The maximum atomic E-state index is 4.41. The van der Waals surface area contributed by atoms with Gasteiger partial charge in [0.2, 0.25) is 0 Å². The summed E-state index contributed by atoms with van der Waals surface area (Å²) >= 11 is 0. The minimum Gasteiger partial charge on any atom is -0.385 e. The Morgan fingerprint density at radius 3 is 2.74 bits per heavy atom. The average molecular weight is 260 g/mol. The van der Waals surface area contributed by atoms with Crippen LogP contribution in [0.15, 0.2) is 18.2 Å². The first-order chi connectivity index (χ1) is 9.10. The number of aromatic amines is 1. The molecule has 2 aromatic rings. The number of fused-ring (bicyclic) bond motifs is 1. The number of H-pyrrole nitrogens is 1. The van der Waals surface area contributed by atoms with Crippen LogP contribution in [0.3, 0.4) is 0 Å². The van der Waals surface area contributed by atoms with Crippen molar-refractivity contribution in [3.8, 4) is 0 Å². The summed E-state index contributed by atoms with van der Waals surface area (Å²) < 4.78 is 0. The van der Waals surface area contributed by atoms with Gasteiger partial charge in [0.25, 0.3) is 0 Å². The number of aryl methyl sites for hydroxylation is 1. The molecule has 0 aliphatic carbocycles. The fourth-order valence-corrected chi connectivity index (χ4v) is 2.30. The molecule has 0 aliphatic heterocycles. The van der Waals surface area contributed by atoms with E-state index in [1.807, 2.05) is 14.0 Å². The molecule has 19 heavy (non-hydrogen) atoms. The van der Waals surface area contributed by atoms with Crippen molar-refractivity contribution < 1.29 is 0 Å². The van der Waals surface area contributed by atoms with Gasteiger partial charge in [-0.1, -0.05) is 13.8 Å². The molecule has 1 heterocycles. The Kier molecular flexibility index (Phi) is 4.43. The largest absolute Gasteiger partial charge is 0.385 e. The third-order valence-electron chi connectivity index (χ3n) is 3.58. The average Bonchev–Trinajstić information content (AvgIpc) is 2.73. The van der Waals surface area contributed by atoms with E-state index in [9.17, 15) is 0 Å². The number of anilines is 1. The van der Waals surface area contributed by atoms with Crippen molar-refractivity contribution in [1.82, 2.24) is 15.3 Å². The summed E-state index contributed by atoms with van der Waals surface area (Å²) in [7, 11) is 2.01. The van der Waals surface area contributed by atoms with Crippen LogP contribution in [0.2, 0.25) is 0 Å². The molecule has 3 N–H and O–H groups in total. The van der Waals surface area contributed by atoms with Gasteiger partial charge in [0.05, 0.1) is 11.0 Å². The van der Waals surface area contributed by atoms with Crippen LogP contribution in [0.25, 0.3) is 11.0 Å². The Balaban J connectivity index is 2.04. The molecule has 0 fully saturated rings. The predicted octanol–water partition coefficient (Wildman–Crippen LogP) is 2.77. The third-order valence-corrected chi connectivity index (χ3v) is 3.58. The summed E-state index contributed by atoms with van der Waals surface area (Å²) in [5.74, 6) is 2.25. The van der Waals surface area contributed by atoms with Crippen molar-refractivity contribution in [1.29, 1.82) is 0 Å². The number of nitrogens with one attached hydrogen (secondary N) is 3. The molecular weight excluding hydrogens is 236 g/mol. The molecule has 0 saturated carbocycles. The number of hydrogen-bond acceptors (Lipinski definition) is 3. The fraction of sp³-hybridized carbons (Fsp3) is 0.533. The molecule has 0 bridgehead atoms. The van der Waals surface area contributed by atoms with Crippen LogP contribution in [0.5, 0.6) is 0 Å². The van der Waals surface area contributed by atoms with Crippen molar-refractivity contribution in [2.75, 3.05) is 25.5 Å². The Morgan fingerprint density at radius 2 is 2.05 bits per heavy atom. The van der Waals surface area contributed by atoms with E-state index in [0.717, 1.165) is 35.6 Å². The molecule has 4 heteroatoms. The Bertz CT molecular complexity index is 530. The van der Waals surface area contributed by atoms with Gasteiger partial charge in [-0.15, -0.1) is 0 Å². The summed E-state index contributed by atoms with van der Waals surface area (Å²) in [6, 6.07) is 6.29. The van der Waals surface area contributed by atoms with Crippen molar-refractivity contribution in [3.05, 3.63) is 24.0 Å². The predicted molar refractivity (Wildman–Crippen MR) is 81.6 cm³/mol. The zero-order valence-corrected chi connectivity index (χ0v) is 12.2.